The van der Waals surface area contributed by atoms with Crippen LogP contribution in [-0.2, 0) is 18.8 Å². The number of nitrogens with two attached hydrogens (primary N) is 1. The van der Waals surface area contributed by atoms with Crippen LogP contribution in [0.15, 0.2) is 30.3 Å². The lowest BCUT2D eigenvalue weighted by molar-refractivity contribution is -0.137. The standard InChI is InChI=1S/C21H22F4N4O3/c1-20(2,32-17-15(22)8-11(26)9-16(17)31-5)19-28-27-18(29(19)3)13-7-6-12(30-4)10-14(13)21(23,24)25/h6-10H,26H2,1-5H3. The predicted molar refractivity (Wildman–Crippen MR) is 109 cm³/mol. The van der Waals surface area contributed by atoms with E-state index in [1.165, 1.54) is 44.0 Å². The molecule has 0 radical (unpaired) electrons. The molecule has 1 aromatic heterocycles. The summed E-state index contributed by atoms with van der Waals surface area (Å²) in [6.45, 7) is 3.16. The van der Waals surface area contributed by atoms with Gasteiger partial charge in [0.05, 0.1) is 19.8 Å². The maximum Gasteiger partial charge on any atom is 0.417 e. The summed E-state index contributed by atoms with van der Waals surface area (Å²) >= 11 is 0. The molecule has 0 amide bonds. The zero-order valence-corrected chi connectivity index (χ0v) is 18.0. The highest BCUT2D eigenvalue weighted by atomic mass is 19.4. The number of aromatic nitrogens is 3. The van der Waals surface area contributed by atoms with Gasteiger partial charge in [-0.2, -0.15) is 13.2 Å². The Morgan fingerprint density at radius 2 is 1.69 bits per heavy atom. The number of ether oxygens (including phenoxy) is 3. The van der Waals surface area contributed by atoms with E-state index in [-0.39, 0.29) is 40.1 Å². The summed E-state index contributed by atoms with van der Waals surface area (Å²) in [6, 6.07) is 6.01. The van der Waals surface area contributed by atoms with Crippen molar-refractivity contribution in [3.8, 4) is 28.6 Å². The maximum absolute atomic E-state index is 14.5. The van der Waals surface area contributed by atoms with Crippen molar-refractivity contribution in [2.24, 2.45) is 7.05 Å². The predicted octanol–water partition coefficient (Wildman–Crippen LogP) is 4.55. The molecule has 32 heavy (non-hydrogen) atoms. The number of hydrogen-bond donors (Lipinski definition) is 1. The fourth-order valence-electron chi connectivity index (χ4n) is 3.31. The molecule has 0 fully saturated rings. The van der Waals surface area contributed by atoms with Crippen LogP contribution >= 0.6 is 0 Å². The SMILES string of the molecule is COc1ccc(-c2nnc(C(C)(C)Oc3c(F)cc(N)cc3OC)n2C)c(C(F)(F)F)c1. The van der Waals surface area contributed by atoms with Crippen molar-refractivity contribution < 1.29 is 31.8 Å². The summed E-state index contributed by atoms with van der Waals surface area (Å²) in [5, 5.41) is 7.98. The van der Waals surface area contributed by atoms with Crippen LogP contribution in [0.1, 0.15) is 25.2 Å². The van der Waals surface area contributed by atoms with Crippen molar-refractivity contribution in [1.82, 2.24) is 14.8 Å². The molecule has 1 heterocycles. The zero-order chi connectivity index (χ0) is 23.8. The molecule has 3 rings (SSSR count). The lowest BCUT2D eigenvalue weighted by Crippen LogP contribution is -2.30. The fourth-order valence-corrected chi connectivity index (χ4v) is 3.31. The zero-order valence-electron chi connectivity index (χ0n) is 18.0. The second-order valence-electron chi connectivity index (χ2n) is 7.46. The summed E-state index contributed by atoms with van der Waals surface area (Å²) in [5.74, 6) is -0.736. The van der Waals surface area contributed by atoms with Crippen LogP contribution in [-0.4, -0.2) is 29.0 Å². The van der Waals surface area contributed by atoms with Gasteiger partial charge in [0.1, 0.15) is 5.75 Å². The number of rotatable bonds is 6. The van der Waals surface area contributed by atoms with E-state index in [2.05, 4.69) is 10.2 Å². The number of benzene rings is 2. The van der Waals surface area contributed by atoms with Crippen LogP contribution in [0.4, 0.5) is 23.2 Å². The van der Waals surface area contributed by atoms with Gasteiger partial charge in [-0.15, -0.1) is 10.2 Å². The van der Waals surface area contributed by atoms with E-state index < -0.39 is 23.2 Å². The van der Waals surface area contributed by atoms with E-state index in [0.717, 1.165) is 12.1 Å². The molecule has 0 saturated carbocycles. The van der Waals surface area contributed by atoms with Crippen molar-refractivity contribution in [3.63, 3.8) is 0 Å². The lowest BCUT2D eigenvalue weighted by atomic mass is 10.1. The molecule has 11 heteroatoms. The average Bonchev–Trinajstić information content (AvgIpc) is 3.10. The molecule has 0 aliphatic carbocycles. The van der Waals surface area contributed by atoms with Crippen LogP contribution in [0, 0.1) is 5.82 Å². The van der Waals surface area contributed by atoms with E-state index in [9.17, 15) is 17.6 Å². The summed E-state index contributed by atoms with van der Waals surface area (Å²) < 4.78 is 72.8. The smallest absolute Gasteiger partial charge is 0.417 e. The maximum atomic E-state index is 14.5. The number of nitrogen functional groups attached to an aromatic ring is 1. The third-order valence-corrected chi connectivity index (χ3v) is 4.80. The van der Waals surface area contributed by atoms with E-state index >= 15 is 0 Å². The molecule has 172 valence electrons. The largest absolute Gasteiger partial charge is 0.497 e. The Hall–Kier alpha value is -3.50. The molecule has 0 aliphatic rings. The van der Waals surface area contributed by atoms with Crippen molar-refractivity contribution in [3.05, 3.63) is 47.5 Å². The molecule has 0 saturated heterocycles. The van der Waals surface area contributed by atoms with E-state index in [0.29, 0.717) is 0 Å². The van der Waals surface area contributed by atoms with Gasteiger partial charge in [0, 0.05) is 30.4 Å². The van der Waals surface area contributed by atoms with Crippen LogP contribution in [0.3, 0.4) is 0 Å². The van der Waals surface area contributed by atoms with Gasteiger partial charge < -0.3 is 24.5 Å². The Labute approximate surface area is 181 Å². The Balaban J connectivity index is 2.07. The van der Waals surface area contributed by atoms with Gasteiger partial charge in [0.15, 0.2) is 34.6 Å². The molecule has 0 bridgehead atoms. The first-order valence-electron chi connectivity index (χ1n) is 9.36. The summed E-state index contributed by atoms with van der Waals surface area (Å²) in [7, 11) is 4.10. The minimum absolute atomic E-state index is 0.0450. The fraction of sp³-hybridized carbons (Fsp3) is 0.333. The van der Waals surface area contributed by atoms with Crippen LogP contribution in [0.2, 0.25) is 0 Å². The summed E-state index contributed by atoms with van der Waals surface area (Å²) in [5.41, 5.74) is 3.37. The van der Waals surface area contributed by atoms with E-state index in [4.69, 9.17) is 19.9 Å². The van der Waals surface area contributed by atoms with Crippen LogP contribution in [0.25, 0.3) is 11.4 Å². The lowest BCUT2D eigenvalue weighted by Gasteiger charge is -2.27. The average molecular weight is 454 g/mol. The second-order valence-corrected chi connectivity index (χ2v) is 7.46. The summed E-state index contributed by atoms with van der Waals surface area (Å²) in [4.78, 5) is 0. The number of methoxy groups -OCH3 is 2. The molecule has 0 unspecified atom stereocenters. The molecule has 2 N–H and O–H groups in total. The molecule has 0 atom stereocenters. The third-order valence-electron chi connectivity index (χ3n) is 4.80. The Kier molecular flexibility index (Phi) is 5.94. The number of nitrogens with zero attached hydrogens (tertiary/aromatic N) is 3. The van der Waals surface area contributed by atoms with Crippen LogP contribution < -0.4 is 19.9 Å². The molecule has 7 nitrogen and oxygen atoms in total. The quantitative estimate of drug-likeness (QED) is 0.435. The van der Waals surface area contributed by atoms with Crippen LogP contribution in [0.5, 0.6) is 17.2 Å². The van der Waals surface area contributed by atoms with Gasteiger partial charge in [0.2, 0.25) is 0 Å². The Morgan fingerprint density at radius 1 is 1.00 bits per heavy atom. The van der Waals surface area contributed by atoms with Gasteiger partial charge in [-0.1, -0.05) is 0 Å². The first-order valence-corrected chi connectivity index (χ1v) is 9.36. The normalized spacial score (nSPS) is 12.0. The van der Waals surface area contributed by atoms with Gasteiger partial charge in [-0.25, -0.2) is 4.39 Å². The number of alkyl halides is 3. The number of halogens is 4. The molecule has 0 spiro atoms. The van der Waals surface area contributed by atoms with Gasteiger partial charge in [0.25, 0.3) is 0 Å². The minimum Gasteiger partial charge on any atom is -0.497 e. The van der Waals surface area contributed by atoms with E-state index in [1.807, 2.05) is 0 Å². The molecular weight excluding hydrogens is 432 g/mol. The number of hydrogen-bond acceptors (Lipinski definition) is 6. The Bertz CT molecular complexity index is 1140. The van der Waals surface area contributed by atoms with Crippen molar-refractivity contribution in [2.45, 2.75) is 25.6 Å². The highest BCUT2D eigenvalue weighted by Crippen LogP contribution is 2.41. The van der Waals surface area contributed by atoms with E-state index in [1.54, 1.807) is 13.8 Å². The topological polar surface area (TPSA) is 84.4 Å². The summed E-state index contributed by atoms with van der Waals surface area (Å²) in [6.07, 6.45) is -4.65. The number of anilines is 1. The highest BCUT2D eigenvalue weighted by molar-refractivity contribution is 5.63. The second kappa shape index (κ2) is 8.21. The first-order chi connectivity index (χ1) is 14.9. The minimum atomic E-state index is -4.65. The van der Waals surface area contributed by atoms with Crippen molar-refractivity contribution in [2.75, 3.05) is 20.0 Å². The van der Waals surface area contributed by atoms with Crippen molar-refractivity contribution >= 4 is 5.69 Å². The molecule has 0 aliphatic heterocycles. The van der Waals surface area contributed by atoms with Gasteiger partial charge in [-0.05, 0) is 32.0 Å². The van der Waals surface area contributed by atoms with Gasteiger partial charge in [-0.3, -0.25) is 0 Å². The third kappa shape index (κ3) is 4.27. The Morgan fingerprint density at radius 3 is 2.28 bits per heavy atom. The molecule has 2 aromatic carbocycles. The molecular formula is C21H22F4N4O3. The highest BCUT2D eigenvalue weighted by Gasteiger charge is 2.37. The molecule has 3 aromatic rings. The van der Waals surface area contributed by atoms with Crippen molar-refractivity contribution in [1.29, 1.82) is 0 Å². The first kappa shape index (κ1) is 23.2. The monoisotopic (exact) mass is 454 g/mol. The van der Waals surface area contributed by atoms with Gasteiger partial charge >= 0.3 is 6.18 Å².